The molecule has 0 fully saturated rings. The first-order valence-corrected chi connectivity index (χ1v) is 9.94. The minimum absolute atomic E-state index is 0.0553. The molecule has 1 unspecified atom stereocenters. The van der Waals surface area contributed by atoms with Gasteiger partial charge in [-0.1, -0.05) is 18.2 Å². The van der Waals surface area contributed by atoms with Crippen molar-refractivity contribution >= 4 is 6.03 Å². The summed E-state index contributed by atoms with van der Waals surface area (Å²) in [5.74, 6) is 1.33. The minimum Gasteiger partial charge on any atom is -0.493 e. The Morgan fingerprint density at radius 1 is 1.10 bits per heavy atom. The summed E-state index contributed by atoms with van der Waals surface area (Å²) in [5, 5.41) is 10.0. The van der Waals surface area contributed by atoms with E-state index in [0.29, 0.717) is 18.0 Å². The highest BCUT2D eigenvalue weighted by atomic mass is 16.5. The maximum absolute atomic E-state index is 12.3. The smallest absolute Gasteiger partial charge is 0.315 e. The average molecular weight is 409 g/mol. The number of carbonyl (C=O) groups excluding carboxylic acids is 1. The van der Waals surface area contributed by atoms with Crippen molar-refractivity contribution in [1.29, 1.82) is 0 Å². The van der Waals surface area contributed by atoms with Crippen LogP contribution in [0, 0.1) is 0 Å². The highest BCUT2D eigenvalue weighted by Crippen LogP contribution is 2.31. The number of hydrogen-bond donors (Lipinski definition) is 2. The molecule has 2 N–H and O–H groups in total. The van der Waals surface area contributed by atoms with Crippen molar-refractivity contribution in [2.45, 2.75) is 39.5 Å². The number of methoxy groups -OCH3 is 1. The quantitative estimate of drug-likeness (QED) is 0.585. The molecule has 1 heterocycles. The van der Waals surface area contributed by atoms with Gasteiger partial charge < -0.3 is 20.1 Å². The molecule has 1 atom stereocenters. The van der Waals surface area contributed by atoms with E-state index in [1.807, 2.05) is 75.5 Å². The van der Waals surface area contributed by atoms with Gasteiger partial charge in [-0.15, -0.1) is 0 Å². The molecule has 30 heavy (non-hydrogen) atoms. The van der Waals surface area contributed by atoms with Gasteiger partial charge in [-0.05, 0) is 62.2 Å². The van der Waals surface area contributed by atoms with Crippen molar-refractivity contribution in [1.82, 2.24) is 20.4 Å². The summed E-state index contributed by atoms with van der Waals surface area (Å²) < 4.78 is 13.0. The lowest BCUT2D eigenvalue weighted by atomic mass is 10.1. The summed E-state index contributed by atoms with van der Waals surface area (Å²) in [7, 11) is 1.61. The normalized spacial score (nSPS) is 11.8. The van der Waals surface area contributed by atoms with Crippen LogP contribution in [0.15, 0.2) is 60.9 Å². The van der Waals surface area contributed by atoms with Crippen LogP contribution in [-0.4, -0.2) is 29.0 Å². The number of benzene rings is 2. The van der Waals surface area contributed by atoms with Gasteiger partial charge in [0.25, 0.3) is 0 Å². The fraction of sp³-hybridized carbons (Fsp3) is 0.304. The topological polar surface area (TPSA) is 77.4 Å². The van der Waals surface area contributed by atoms with Crippen molar-refractivity contribution in [3.63, 3.8) is 0 Å². The number of rotatable bonds is 8. The van der Waals surface area contributed by atoms with Gasteiger partial charge in [0.05, 0.1) is 24.9 Å². The Bertz CT molecular complexity index is 953. The zero-order valence-corrected chi connectivity index (χ0v) is 17.8. The van der Waals surface area contributed by atoms with E-state index in [4.69, 9.17) is 9.47 Å². The Balaban J connectivity index is 1.54. The van der Waals surface area contributed by atoms with Crippen LogP contribution < -0.4 is 20.1 Å². The Morgan fingerprint density at radius 3 is 2.50 bits per heavy atom. The van der Waals surface area contributed by atoms with Gasteiger partial charge in [0, 0.05) is 18.9 Å². The number of urea groups is 1. The van der Waals surface area contributed by atoms with E-state index in [1.165, 1.54) is 0 Å². The Labute approximate surface area is 177 Å². The highest BCUT2D eigenvalue weighted by Gasteiger charge is 2.13. The first-order valence-electron chi connectivity index (χ1n) is 9.94. The number of ether oxygens (including phenoxy) is 2. The molecule has 2 aromatic carbocycles. The summed E-state index contributed by atoms with van der Waals surface area (Å²) in [4.78, 5) is 12.3. The number of amides is 2. The van der Waals surface area contributed by atoms with E-state index in [9.17, 15) is 4.79 Å². The molecule has 0 spiro atoms. The molecule has 0 saturated carbocycles. The van der Waals surface area contributed by atoms with E-state index in [0.717, 1.165) is 16.8 Å². The summed E-state index contributed by atoms with van der Waals surface area (Å²) in [6.07, 6.45) is 3.68. The van der Waals surface area contributed by atoms with Crippen molar-refractivity contribution in [3.05, 3.63) is 72.1 Å². The molecule has 158 valence electrons. The molecule has 3 rings (SSSR count). The van der Waals surface area contributed by atoms with Crippen LogP contribution in [0.2, 0.25) is 0 Å². The van der Waals surface area contributed by atoms with Gasteiger partial charge in [-0.2, -0.15) is 5.10 Å². The summed E-state index contributed by atoms with van der Waals surface area (Å²) in [5.41, 5.74) is 2.91. The molecular weight excluding hydrogens is 380 g/mol. The first kappa shape index (κ1) is 21.2. The van der Waals surface area contributed by atoms with E-state index in [-0.39, 0.29) is 18.2 Å². The van der Waals surface area contributed by atoms with Gasteiger partial charge in [0.1, 0.15) is 0 Å². The average Bonchev–Trinajstić information content (AvgIpc) is 3.27. The lowest BCUT2D eigenvalue weighted by Gasteiger charge is -2.18. The molecule has 2 amide bonds. The fourth-order valence-corrected chi connectivity index (χ4v) is 3.01. The van der Waals surface area contributed by atoms with Crippen LogP contribution in [0.25, 0.3) is 5.69 Å². The van der Waals surface area contributed by atoms with Crippen LogP contribution in [0.5, 0.6) is 11.5 Å². The number of nitrogens with zero attached hydrogens (tertiary/aromatic N) is 2. The van der Waals surface area contributed by atoms with E-state index in [1.54, 1.807) is 18.0 Å². The third-order valence-corrected chi connectivity index (χ3v) is 4.56. The van der Waals surface area contributed by atoms with Crippen molar-refractivity contribution in [2.24, 2.45) is 0 Å². The van der Waals surface area contributed by atoms with Gasteiger partial charge in [0.2, 0.25) is 0 Å². The number of aromatic nitrogens is 2. The zero-order chi connectivity index (χ0) is 21.5. The second kappa shape index (κ2) is 9.82. The van der Waals surface area contributed by atoms with Crippen LogP contribution >= 0.6 is 0 Å². The third-order valence-electron chi connectivity index (χ3n) is 4.56. The number of hydrogen-bond acceptors (Lipinski definition) is 4. The van der Waals surface area contributed by atoms with Crippen LogP contribution in [0.1, 0.15) is 37.9 Å². The lowest BCUT2D eigenvalue weighted by molar-refractivity contribution is 0.230. The summed E-state index contributed by atoms with van der Waals surface area (Å²) in [6, 6.07) is 15.0. The predicted molar refractivity (Wildman–Crippen MR) is 116 cm³/mol. The van der Waals surface area contributed by atoms with E-state index < -0.39 is 0 Å². The number of nitrogens with one attached hydrogen (secondary N) is 2. The van der Waals surface area contributed by atoms with Crippen molar-refractivity contribution in [3.8, 4) is 17.2 Å². The van der Waals surface area contributed by atoms with E-state index in [2.05, 4.69) is 15.7 Å². The Morgan fingerprint density at radius 2 is 1.87 bits per heavy atom. The number of carbonyl (C=O) groups is 1. The van der Waals surface area contributed by atoms with Crippen molar-refractivity contribution < 1.29 is 14.3 Å². The fourth-order valence-electron chi connectivity index (χ4n) is 3.01. The summed E-state index contributed by atoms with van der Waals surface area (Å²) >= 11 is 0. The molecule has 0 radical (unpaired) electrons. The Hall–Kier alpha value is -3.48. The molecule has 1 aromatic heterocycles. The molecule has 7 nitrogen and oxygen atoms in total. The molecule has 0 saturated heterocycles. The lowest BCUT2D eigenvalue weighted by Crippen LogP contribution is -2.36. The summed E-state index contributed by atoms with van der Waals surface area (Å²) in [6.45, 7) is 6.29. The van der Waals surface area contributed by atoms with Gasteiger partial charge >= 0.3 is 6.03 Å². The minimum atomic E-state index is -0.236. The maximum atomic E-state index is 12.3. The van der Waals surface area contributed by atoms with Gasteiger partial charge in [-0.25, -0.2) is 9.48 Å². The first-order chi connectivity index (χ1) is 14.5. The van der Waals surface area contributed by atoms with Gasteiger partial charge in [0.15, 0.2) is 11.5 Å². The largest absolute Gasteiger partial charge is 0.493 e. The highest BCUT2D eigenvalue weighted by molar-refractivity contribution is 5.74. The molecule has 0 aliphatic rings. The Kier molecular flexibility index (Phi) is 6.95. The molecule has 0 aliphatic heterocycles. The second-order valence-electron chi connectivity index (χ2n) is 7.24. The zero-order valence-electron chi connectivity index (χ0n) is 17.8. The SMILES string of the molecule is COc1cc(C(C)NC(=O)NCc2ccc(-n3cccn3)cc2)ccc1OC(C)C. The molecule has 3 aromatic rings. The standard InChI is InChI=1S/C23H28N4O3/c1-16(2)30-21-11-8-19(14-22(21)29-4)17(3)26-23(28)24-15-18-6-9-20(10-7-18)27-13-5-12-25-27/h5-14,16-17H,15H2,1-4H3,(H2,24,26,28). The predicted octanol–water partition coefficient (Wildman–Crippen LogP) is 4.23. The third kappa shape index (κ3) is 5.53. The maximum Gasteiger partial charge on any atom is 0.315 e. The van der Waals surface area contributed by atoms with Crippen LogP contribution in [-0.2, 0) is 6.54 Å². The molecule has 0 bridgehead atoms. The van der Waals surface area contributed by atoms with Crippen molar-refractivity contribution in [2.75, 3.05) is 7.11 Å². The monoisotopic (exact) mass is 408 g/mol. The molecule has 0 aliphatic carbocycles. The molecule has 7 heteroatoms. The second-order valence-corrected chi connectivity index (χ2v) is 7.24. The van der Waals surface area contributed by atoms with Crippen LogP contribution in [0.3, 0.4) is 0 Å². The van der Waals surface area contributed by atoms with Gasteiger partial charge in [-0.3, -0.25) is 0 Å². The van der Waals surface area contributed by atoms with Crippen LogP contribution in [0.4, 0.5) is 4.79 Å². The van der Waals surface area contributed by atoms with E-state index >= 15 is 0 Å². The molecular formula is C23H28N4O3.